The van der Waals surface area contributed by atoms with Gasteiger partial charge in [0.2, 0.25) is 18.2 Å². The van der Waals surface area contributed by atoms with Gasteiger partial charge in [-0.15, -0.1) is 0 Å². The van der Waals surface area contributed by atoms with Crippen molar-refractivity contribution in [2.45, 2.75) is 24.9 Å². The molecule has 0 bridgehead atoms. The van der Waals surface area contributed by atoms with Crippen LogP contribution >= 0.6 is 11.6 Å². The minimum atomic E-state index is -2.22. The largest absolute Gasteiger partial charge is 0.456 e. The first kappa shape index (κ1) is 19.9. The van der Waals surface area contributed by atoms with Crippen molar-refractivity contribution in [2.24, 2.45) is 0 Å². The smallest absolute Gasteiger partial charge is 0.338 e. The van der Waals surface area contributed by atoms with Gasteiger partial charge in [0, 0.05) is 30.8 Å². The third-order valence-electron chi connectivity index (χ3n) is 3.69. The normalized spacial score (nSPS) is 22.2. The van der Waals surface area contributed by atoms with Crippen LogP contribution in [0.25, 0.3) is 0 Å². The number of amides is 2. The summed E-state index contributed by atoms with van der Waals surface area (Å²) in [6.45, 7) is -0.624. The highest BCUT2D eigenvalue weighted by molar-refractivity contribution is 6.30. The number of esters is 1. The fraction of sp³-hybridized carbons (Fsp3) is 0.353. The lowest BCUT2D eigenvalue weighted by Gasteiger charge is -2.24. The van der Waals surface area contributed by atoms with E-state index in [1.165, 1.54) is 25.4 Å². The summed E-state index contributed by atoms with van der Waals surface area (Å²) in [7, 11) is 1.44. The molecular formula is C17H18ClFN2O5. The molecule has 1 aliphatic rings. The second-order valence-electron chi connectivity index (χ2n) is 5.56. The van der Waals surface area contributed by atoms with Crippen LogP contribution in [-0.2, 0) is 19.1 Å². The summed E-state index contributed by atoms with van der Waals surface area (Å²) in [5, 5.41) is 2.71. The van der Waals surface area contributed by atoms with Crippen molar-refractivity contribution in [3.05, 3.63) is 47.1 Å². The van der Waals surface area contributed by atoms with E-state index in [0.29, 0.717) is 11.4 Å². The average Bonchev–Trinajstić information content (AvgIpc) is 3.02. The van der Waals surface area contributed by atoms with E-state index in [1.807, 2.05) is 0 Å². The second kappa shape index (κ2) is 8.77. The number of nitrogens with one attached hydrogen (secondary N) is 1. The number of carbonyl (C=O) groups excluding carboxylic acids is 3. The molecule has 0 saturated carbocycles. The predicted octanol–water partition coefficient (Wildman–Crippen LogP) is 2.02. The minimum absolute atomic E-state index is 0.0708. The maximum atomic E-state index is 14.7. The van der Waals surface area contributed by atoms with Crippen molar-refractivity contribution in [1.82, 2.24) is 10.2 Å². The number of nitrogens with zero attached hydrogens (tertiary/aromatic N) is 1. The highest BCUT2D eigenvalue weighted by atomic mass is 35.5. The molecule has 26 heavy (non-hydrogen) atoms. The number of likely N-dealkylation sites (N-methyl/N-ethyl adjacent to an activating group) is 1. The number of ether oxygens (including phenoxy) is 2. The molecule has 1 aromatic rings. The standard InChI is InChI=1S/C17H18ClFN2O5/c1-20-14(23)6-8-21(11-22)15-5-7-17(19,26-15)10-25-16(24)12-3-2-4-13(18)9-12/h2-4,6,8-9,11,15H,5,7,10H2,1H3,(H,20,23)/b8-6-. The molecule has 2 rings (SSSR count). The van der Waals surface area contributed by atoms with Crippen LogP contribution in [0.2, 0.25) is 5.02 Å². The van der Waals surface area contributed by atoms with E-state index in [-0.39, 0.29) is 18.4 Å². The zero-order valence-corrected chi connectivity index (χ0v) is 14.7. The third-order valence-corrected chi connectivity index (χ3v) is 3.92. The number of rotatable bonds is 7. The lowest BCUT2D eigenvalue weighted by Crippen LogP contribution is -2.36. The van der Waals surface area contributed by atoms with Crippen LogP contribution in [0.1, 0.15) is 23.2 Å². The van der Waals surface area contributed by atoms with Gasteiger partial charge < -0.3 is 14.8 Å². The highest BCUT2D eigenvalue weighted by Gasteiger charge is 2.43. The van der Waals surface area contributed by atoms with E-state index in [2.05, 4.69) is 5.32 Å². The Morgan fingerprint density at radius 3 is 2.96 bits per heavy atom. The van der Waals surface area contributed by atoms with Gasteiger partial charge >= 0.3 is 5.97 Å². The van der Waals surface area contributed by atoms with Crippen molar-refractivity contribution in [3.8, 4) is 0 Å². The fourth-order valence-corrected chi connectivity index (χ4v) is 2.52. The van der Waals surface area contributed by atoms with Gasteiger partial charge in [0.15, 0.2) is 6.61 Å². The lowest BCUT2D eigenvalue weighted by atomic mass is 10.2. The monoisotopic (exact) mass is 384 g/mol. The van der Waals surface area contributed by atoms with E-state index in [4.69, 9.17) is 21.1 Å². The molecule has 7 nitrogen and oxygen atoms in total. The predicted molar refractivity (Wildman–Crippen MR) is 90.8 cm³/mol. The van der Waals surface area contributed by atoms with Gasteiger partial charge in [-0.25, -0.2) is 9.18 Å². The summed E-state index contributed by atoms with van der Waals surface area (Å²) in [6, 6.07) is 6.08. The van der Waals surface area contributed by atoms with Crippen molar-refractivity contribution in [3.63, 3.8) is 0 Å². The molecule has 0 aromatic heterocycles. The van der Waals surface area contributed by atoms with Gasteiger partial charge in [0.05, 0.1) is 5.56 Å². The van der Waals surface area contributed by atoms with Gasteiger partial charge in [0.25, 0.3) is 0 Å². The Morgan fingerprint density at radius 2 is 2.31 bits per heavy atom. The van der Waals surface area contributed by atoms with Gasteiger partial charge in [-0.2, -0.15) is 0 Å². The number of hydrogen-bond acceptors (Lipinski definition) is 5. The molecule has 1 aliphatic heterocycles. The summed E-state index contributed by atoms with van der Waals surface area (Å²) in [4.78, 5) is 35.3. The van der Waals surface area contributed by atoms with Gasteiger partial charge in [-0.3, -0.25) is 14.5 Å². The SMILES string of the molecule is CNC(=O)/C=C\N(C=O)C1CCC(F)(COC(=O)c2cccc(Cl)c2)O1. The molecule has 2 unspecified atom stereocenters. The van der Waals surface area contributed by atoms with E-state index in [0.717, 1.165) is 11.0 Å². The first-order chi connectivity index (χ1) is 12.4. The molecule has 2 atom stereocenters. The van der Waals surface area contributed by atoms with Gasteiger partial charge in [0.1, 0.15) is 6.23 Å². The summed E-state index contributed by atoms with van der Waals surface area (Å²) < 4.78 is 24.9. The number of hydrogen-bond donors (Lipinski definition) is 1. The molecule has 140 valence electrons. The molecule has 1 heterocycles. The van der Waals surface area contributed by atoms with Crippen LogP contribution in [0, 0.1) is 0 Å². The molecule has 0 spiro atoms. The molecule has 1 fully saturated rings. The molecule has 2 amide bonds. The van der Waals surface area contributed by atoms with E-state index >= 15 is 0 Å². The minimum Gasteiger partial charge on any atom is -0.456 e. The van der Waals surface area contributed by atoms with Crippen molar-refractivity contribution in [2.75, 3.05) is 13.7 Å². The van der Waals surface area contributed by atoms with Crippen LogP contribution in [0.3, 0.4) is 0 Å². The number of alkyl halides is 1. The molecule has 9 heteroatoms. The maximum Gasteiger partial charge on any atom is 0.338 e. The van der Waals surface area contributed by atoms with Gasteiger partial charge in [-0.05, 0) is 24.6 Å². The zero-order chi connectivity index (χ0) is 19.2. The Morgan fingerprint density at radius 1 is 1.54 bits per heavy atom. The Labute approximate surface area is 154 Å². The Balaban J connectivity index is 1.93. The first-order valence-corrected chi connectivity index (χ1v) is 8.17. The van der Waals surface area contributed by atoms with Crippen LogP contribution in [0.15, 0.2) is 36.5 Å². The van der Waals surface area contributed by atoms with E-state index in [1.54, 1.807) is 12.1 Å². The Kier molecular flexibility index (Phi) is 6.70. The second-order valence-corrected chi connectivity index (χ2v) is 6.00. The number of halogens is 2. The fourth-order valence-electron chi connectivity index (χ4n) is 2.33. The summed E-state index contributed by atoms with van der Waals surface area (Å²) in [6.07, 6.45) is 1.95. The molecule has 1 N–H and O–H groups in total. The first-order valence-electron chi connectivity index (χ1n) is 7.79. The topological polar surface area (TPSA) is 84.9 Å². The summed E-state index contributed by atoms with van der Waals surface area (Å²) >= 11 is 5.80. The third kappa shape index (κ3) is 5.27. The van der Waals surface area contributed by atoms with E-state index in [9.17, 15) is 18.8 Å². The number of carbonyl (C=O) groups is 3. The maximum absolute atomic E-state index is 14.7. The van der Waals surface area contributed by atoms with Crippen LogP contribution in [0.5, 0.6) is 0 Å². The average molecular weight is 385 g/mol. The highest BCUT2D eigenvalue weighted by Crippen LogP contribution is 2.33. The molecule has 0 aliphatic carbocycles. The molecule has 1 aromatic carbocycles. The van der Waals surface area contributed by atoms with Crippen LogP contribution < -0.4 is 5.32 Å². The van der Waals surface area contributed by atoms with Gasteiger partial charge in [-0.1, -0.05) is 17.7 Å². The quantitative estimate of drug-likeness (QED) is 0.441. The zero-order valence-electron chi connectivity index (χ0n) is 14.0. The number of benzene rings is 1. The van der Waals surface area contributed by atoms with Crippen LogP contribution in [-0.4, -0.2) is 48.9 Å². The Hall–Kier alpha value is -2.45. The summed E-state index contributed by atoms with van der Waals surface area (Å²) in [5.41, 5.74) is 0.193. The van der Waals surface area contributed by atoms with Crippen molar-refractivity contribution in [1.29, 1.82) is 0 Å². The molecule has 0 radical (unpaired) electrons. The van der Waals surface area contributed by atoms with Crippen molar-refractivity contribution < 1.29 is 28.2 Å². The van der Waals surface area contributed by atoms with Crippen molar-refractivity contribution >= 4 is 29.9 Å². The van der Waals surface area contributed by atoms with E-state index < -0.39 is 30.6 Å². The Bertz CT molecular complexity index is 714. The summed E-state index contributed by atoms with van der Waals surface area (Å²) in [5.74, 6) is -3.37. The lowest BCUT2D eigenvalue weighted by molar-refractivity contribution is -0.185. The molecule has 1 saturated heterocycles. The molecular weight excluding hydrogens is 367 g/mol. The van der Waals surface area contributed by atoms with Crippen LogP contribution in [0.4, 0.5) is 4.39 Å².